The van der Waals surface area contributed by atoms with Crippen molar-refractivity contribution in [2.24, 2.45) is 5.92 Å². The number of rotatable bonds is 3. The zero-order valence-corrected chi connectivity index (χ0v) is 11.8. The molecule has 1 aromatic rings. The lowest BCUT2D eigenvalue weighted by molar-refractivity contribution is 0.0361. The number of aryl methyl sites for hydroxylation is 1. The van der Waals surface area contributed by atoms with Gasteiger partial charge in [-0.1, -0.05) is 6.07 Å². The third-order valence-electron chi connectivity index (χ3n) is 4.55. The first-order chi connectivity index (χ1) is 9.24. The summed E-state index contributed by atoms with van der Waals surface area (Å²) < 4.78 is 5.59. The number of benzene rings is 1. The maximum Gasteiger partial charge on any atom is 0.0506 e. The first kappa shape index (κ1) is 12.9. The SMILES string of the molecule is CN(CC1CCCOC1)C1CCc2cc(N)ccc21. The van der Waals surface area contributed by atoms with Gasteiger partial charge >= 0.3 is 0 Å². The number of anilines is 1. The van der Waals surface area contributed by atoms with E-state index < -0.39 is 0 Å². The molecule has 0 aromatic heterocycles. The molecular weight excluding hydrogens is 236 g/mol. The van der Waals surface area contributed by atoms with Crippen molar-refractivity contribution < 1.29 is 4.74 Å². The zero-order chi connectivity index (χ0) is 13.2. The van der Waals surface area contributed by atoms with Crippen LogP contribution in [0.1, 0.15) is 36.4 Å². The molecular formula is C16H24N2O. The monoisotopic (exact) mass is 260 g/mol. The Morgan fingerprint density at radius 2 is 2.26 bits per heavy atom. The van der Waals surface area contributed by atoms with Crippen LogP contribution in [0, 0.1) is 5.92 Å². The van der Waals surface area contributed by atoms with Crippen molar-refractivity contribution in [2.75, 3.05) is 32.5 Å². The fourth-order valence-electron chi connectivity index (χ4n) is 3.56. The molecule has 0 amide bonds. The van der Waals surface area contributed by atoms with E-state index in [4.69, 9.17) is 10.5 Å². The van der Waals surface area contributed by atoms with Crippen molar-refractivity contribution in [3.8, 4) is 0 Å². The summed E-state index contributed by atoms with van der Waals surface area (Å²) in [5.74, 6) is 0.705. The highest BCUT2D eigenvalue weighted by atomic mass is 16.5. The average molecular weight is 260 g/mol. The van der Waals surface area contributed by atoms with Gasteiger partial charge in [0.2, 0.25) is 0 Å². The highest BCUT2D eigenvalue weighted by Crippen LogP contribution is 2.36. The van der Waals surface area contributed by atoms with Crippen LogP contribution >= 0.6 is 0 Å². The van der Waals surface area contributed by atoms with Crippen LogP contribution in [0.25, 0.3) is 0 Å². The maximum atomic E-state index is 5.87. The maximum absolute atomic E-state index is 5.87. The number of hydrogen-bond donors (Lipinski definition) is 1. The van der Waals surface area contributed by atoms with Crippen LogP contribution in [-0.2, 0) is 11.2 Å². The molecule has 3 heteroatoms. The summed E-state index contributed by atoms with van der Waals surface area (Å²) in [5, 5.41) is 0. The first-order valence-electron chi connectivity index (χ1n) is 7.40. The molecule has 2 unspecified atom stereocenters. The van der Waals surface area contributed by atoms with Gasteiger partial charge in [-0.15, -0.1) is 0 Å². The van der Waals surface area contributed by atoms with Gasteiger partial charge in [0.05, 0.1) is 6.61 Å². The average Bonchev–Trinajstić information content (AvgIpc) is 2.82. The molecule has 3 rings (SSSR count). The fraction of sp³-hybridized carbons (Fsp3) is 0.625. The third kappa shape index (κ3) is 2.77. The molecule has 0 saturated carbocycles. The lowest BCUT2D eigenvalue weighted by atomic mass is 10.00. The minimum absolute atomic E-state index is 0.567. The molecule has 1 aliphatic heterocycles. The molecule has 1 aliphatic carbocycles. The van der Waals surface area contributed by atoms with E-state index in [2.05, 4.69) is 24.1 Å². The Bertz CT molecular complexity index is 440. The van der Waals surface area contributed by atoms with Gasteiger partial charge in [-0.3, -0.25) is 4.90 Å². The fourth-order valence-corrected chi connectivity index (χ4v) is 3.56. The van der Waals surface area contributed by atoms with E-state index in [1.807, 2.05) is 6.07 Å². The molecule has 2 N–H and O–H groups in total. The lowest BCUT2D eigenvalue weighted by Crippen LogP contribution is -2.32. The molecule has 104 valence electrons. The second-order valence-electron chi connectivity index (χ2n) is 6.04. The summed E-state index contributed by atoms with van der Waals surface area (Å²) >= 11 is 0. The Morgan fingerprint density at radius 1 is 1.37 bits per heavy atom. The van der Waals surface area contributed by atoms with E-state index >= 15 is 0 Å². The molecule has 1 aromatic carbocycles. The number of nitrogen functional groups attached to an aromatic ring is 1. The molecule has 1 heterocycles. The number of hydrogen-bond acceptors (Lipinski definition) is 3. The minimum Gasteiger partial charge on any atom is -0.399 e. The third-order valence-corrected chi connectivity index (χ3v) is 4.55. The van der Waals surface area contributed by atoms with Gasteiger partial charge in [-0.05, 0) is 61.9 Å². The van der Waals surface area contributed by atoms with E-state index in [0.717, 1.165) is 31.9 Å². The largest absolute Gasteiger partial charge is 0.399 e. The Morgan fingerprint density at radius 3 is 3.05 bits per heavy atom. The van der Waals surface area contributed by atoms with E-state index in [9.17, 15) is 0 Å². The second-order valence-corrected chi connectivity index (χ2v) is 6.04. The van der Waals surface area contributed by atoms with Gasteiger partial charge < -0.3 is 10.5 Å². The van der Waals surface area contributed by atoms with Crippen molar-refractivity contribution in [2.45, 2.75) is 31.7 Å². The summed E-state index contributed by atoms with van der Waals surface area (Å²) in [7, 11) is 2.25. The van der Waals surface area contributed by atoms with Crippen LogP contribution in [-0.4, -0.2) is 31.7 Å². The van der Waals surface area contributed by atoms with E-state index in [0.29, 0.717) is 12.0 Å². The van der Waals surface area contributed by atoms with Crippen molar-refractivity contribution in [3.05, 3.63) is 29.3 Å². The summed E-state index contributed by atoms with van der Waals surface area (Å²) in [4.78, 5) is 2.52. The Labute approximate surface area is 115 Å². The summed E-state index contributed by atoms with van der Waals surface area (Å²) in [6, 6.07) is 6.97. The predicted octanol–water partition coefficient (Wildman–Crippen LogP) is 2.61. The second kappa shape index (κ2) is 5.51. The van der Waals surface area contributed by atoms with Crippen LogP contribution in [0.5, 0.6) is 0 Å². The number of nitrogens with two attached hydrogens (primary N) is 1. The van der Waals surface area contributed by atoms with Gasteiger partial charge in [0.1, 0.15) is 0 Å². The van der Waals surface area contributed by atoms with Gasteiger partial charge in [0.15, 0.2) is 0 Å². The van der Waals surface area contributed by atoms with Crippen LogP contribution in [0.4, 0.5) is 5.69 Å². The molecule has 0 radical (unpaired) electrons. The van der Waals surface area contributed by atoms with Crippen molar-refractivity contribution in [1.82, 2.24) is 4.90 Å². The highest BCUT2D eigenvalue weighted by molar-refractivity contribution is 5.47. The molecule has 1 saturated heterocycles. The number of fused-ring (bicyclic) bond motifs is 1. The predicted molar refractivity (Wildman–Crippen MR) is 78.1 cm³/mol. The van der Waals surface area contributed by atoms with E-state index in [1.54, 1.807) is 0 Å². The van der Waals surface area contributed by atoms with Gasteiger partial charge in [-0.2, -0.15) is 0 Å². The Hall–Kier alpha value is -1.06. The normalized spacial score (nSPS) is 26.6. The van der Waals surface area contributed by atoms with Crippen LogP contribution in [0.15, 0.2) is 18.2 Å². The van der Waals surface area contributed by atoms with Crippen LogP contribution in [0.3, 0.4) is 0 Å². The van der Waals surface area contributed by atoms with Gasteiger partial charge in [-0.25, -0.2) is 0 Å². The molecule has 0 bridgehead atoms. The minimum atomic E-state index is 0.567. The molecule has 3 nitrogen and oxygen atoms in total. The standard InChI is InChI=1S/C16H24N2O/c1-18(10-12-3-2-8-19-11-12)16-7-4-13-9-14(17)5-6-15(13)16/h5-6,9,12,16H,2-4,7-8,10-11,17H2,1H3. The number of nitrogens with zero attached hydrogens (tertiary/aromatic N) is 1. The highest BCUT2D eigenvalue weighted by Gasteiger charge is 2.27. The topological polar surface area (TPSA) is 38.5 Å². The van der Waals surface area contributed by atoms with E-state index in [1.165, 1.54) is 30.4 Å². The van der Waals surface area contributed by atoms with Gasteiger partial charge in [0.25, 0.3) is 0 Å². The van der Waals surface area contributed by atoms with Gasteiger partial charge in [0, 0.05) is 24.9 Å². The summed E-state index contributed by atoms with van der Waals surface area (Å²) in [6.07, 6.45) is 4.92. The van der Waals surface area contributed by atoms with Crippen molar-refractivity contribution >= 4 is 5.69 Å². The van der Waals surface area contributed by atoms with Crippen LogP contribution < -0.4 is 5.73 Å². The molecule has 0 spiro atoms. The first-order valence-corrected chi connectivity index (χ1v) is 7.40. The Kier molecular flexibility index (Phi) is 3.76. The summed E-state index contributed by atoms with van der Waals surface area (Å²) in [6.45, 7) is 3.03. The molecule has 2 aliphatic rings. The molecule has 19 heavy (non-hydrogen) atoms. The smallest absolute Gasteiger partial charge is 0.0506 e. The van der Waals surface area contributed by atoms with E-state index in [-0.39, 0.29) is 0 Å². The quantitative estimate of drug-likeness (QED) is 0.849. The zero-order valence-electron chi connectivity index (χ0n) is 11.8. The molecule has 1 fully saturated rings. The van der Waals surface area contributed by atoms with Crippen molar-refractivity contribution in [1.29, 1.82) is 0 Å². The summed E-state index contributed by atoms with van der Waals surface area (Å²) in [5.41, 5.74) is 9.68. The molecule has 2 atom stereocenters. The van der Waals surface area contributed by atoms with Crippen LogP contribution in [0.2, 0.25) is 0 Å². The van der Waals surface area contributed by atoms with Crippen molar-refractivity contribution in [3.63, 3.8) is 0 Å². The number of ether oxygens (including phenoxy) is 1. The lowest BCUT2D eigenvalue weighted by Gasteiger charge is -2.31. The Balaban J connectivity index is 1.67.